The number of carboxylic acid groups (broad SMARTS) is 1. The Morgan fingerprint density at radius 3 is 2.71 bits per heavy atom. The van der Waals surface area contributed by atoms with Crippen molar-refractivity contribution >= 4 is 33.7 Å². The van der Waals surface area contributed by atoms with Crippen molar-refractivity contribution in [1.29, 1.82) is 0 Å². The van der Waals surface area contributed by atoms with Crippen molar-refractivity contribution in [3.8, 4) is 11.1 Å². The molecular formula is C24H22F2N4O4. The van der Waals surface area contributed by atoms with E-state index in [1.54, 1.807) is 23.6 Å². The number of halogens is 2. The van der Waals surface area contributed by atoms with Gasteiger partial charge in [-0.15, -0.1) is 0 Å². The normalized spacial score (nSPS) is 14.7. The fourth-order valence-corrected chi connectivity index (χ4v) is 4.25. The van der Waals surface area contributed by atoms with Crippen LogP contribution >= 0.6 is 0 Å². The Kier molecular flexibility index (Phi) is 5.12. The van der Waals surface area contributed by atoms with E-state index in [1.165, 1.54) is 6.92 Å². The molecule has 0 radical (unpaired) electrons. The van der Waals surface area contributed by atoms with Gasteiger partial charge in [0.05, 0.1) is 17.7 Å². The highest BCUT2D eigenvalue weighted by Gasteiger charge is 2.30. The SMILES string of the molecule is Cc1c(-c2cc(F)c(N)cc2F)ccc2c3oc(CN[C@@H](C)C(=O)O)nc3c(=O)n(C3CC3)c12. The minimum Gasteiger partial charge on any atom is -0.480 e. The number of aromatic nitrogens is 2. The van der Waals surface area contributed by atoms with Gasteiger partial charge in [0.25, 0.3) is 5.56 Å². The van der Waals surface area contributed by atoms with Gasteiger partial charge in [0.1, 0.15) is 17.7 Å². The van der Waals surface area contributed by atoms with Gasteiger partial charge >= 0.3 is 5.97 Å². The smallest absolute Gasteiger partial charge is 0.320 e. The van der Waals surface area contributed by atoms with E-state index >= 15 is 0 Å². The molecule has 0 unspecified atom stereocenters. The van der Waals surface area contributed by atoms with Crippen molar-refractivity contribution < 1.29 is 23.1 Å². The van der Waals surface area contributed by atoms with Crippen molar-refractivity contribution in [2.45, 2.75) is 45.3 Å². The highest BCUT2D eigenvalue weighted by Crippen LogP contribution is 2.41. The van der Waals surface area contributed by atoms with E-state index in [0.717, 1.165) is 25.0 Å². The van der Waals surface area contributed by atoms with Gasteiger partial charge in [-0.3, -0.25) is 14.9 Å². The van der Waals surface area contributed by atoms with Crippen LogP contribution in [0.15, 0.2) is 33.5 Å². The first-order valence-electron chi connectivity index (χ1n) is 10.9. The van der Waals surface area contributed by atoms with Crippen LogP contribution in [0.3, 0.4) is 0 Å². The van der Waals surface area contributed by atoms with Crippen LogP contribution in [0.5, 0.6) is 0 Å². The molecule has 1 aliphatic carbocycles. The highest BCUT2D eigenvalue weighted by molar-refractivity contribution is 6.04. The van der Waals surface area contributed by atoms with Gasteiger partial charge < -0.3 is 19.8 Å². The number of hydrogen-bond donors (Lipinski definition) is 3. The van der Waals surface area contributed by atoms with Crippen LogP contribution in [0.2, 0.25) is 0 Å². The first kappa shape index (κ1) is 22.0. The molecule has 0 spiro atoms. The maximum atomic E-state index is 14.7. The third kappa shape index (κ3) is 3.50. The molecule has 0 saturated heterocycles. The van der Waals surface area contributed by atoms with Gasteiger partial charge in [-0.05, 0) is 49.9 Å². The van der Waals surface area contributed by atoms with Gasteiger partial charge in [0.2, 0.25) is 5.89 Å². The van der Waals surface area contributed by atoms with Gasteiger partial charge in [-0.1, -0.05) is 6.07 Å². The van der Waals surface area contributed by atoms with Gasteiger partial charge in [0, 0.05) is 23.1 Å². The highest BCUT2D eigenvalue weighted by atomic mass is 19.1. The van der Waals surface area contributed by atoms with E-state index in [-0.39, 0.29) is 46.4 Å². The van der Waals surface area contributed by atoms with E-state index in [1.807, 2.05) is 0 Å². The molecule has 5 rings (SSSR count). The summed E-state index contributed by atoms with van der Waals surface area (Å²) < 4.78 is 36.4. The lowest BCUT2D eigenvalue weighted by Gasteiger charge is -2.16. The summed E-state index contributed by atoms with van der Waals surface area (Å²) in [6.45, 7) is 3.27. The third-order valence-corrected chi connectivity index (χ3v) is 6.23. The summed E-state index contributed by atoms with van der Waals surface area (Å²) in [6, 6.07) is 4.51. The number of nitrogen functional groups attached to an aromatic ring is 1. The van der Waals surface area contributed by atoms with Crippen LogP contribution in [0.25, 0.3) is 33.1 Å². The zero-order valence-corrected chi connectivity index (χ0v) is 18.5. The van der Waals surface area contributed by atoms with E-state index in [4.69, 9.17) is 15.3 Å². The minimum absolute atomic E-state index is 0.0216. The zero-order valence-electron chi connectivity index (χ0n) is 18.5. The molecule has 34 heavy (non-hydrogen) atoms. The number of carbonyl (C=O) groups is 1. The Labute approximate surface area is 192 Å². The lowest BCUT2D eigenvalue weighted by Crippen LogP contribution is -2.33. The number of nitrogens with one attached hydrogen (secondary N) is 1. The fourth-order valence-electron chi connectivity index (χ4n) is 4.25. The summed E-state index contributed by atoms with van der Waals surface area (Å²) >= 11 is 0. The number of hydrogen-bond acceptors (Lipinski definition) is 6. The number of oxazole rings is 1. The average Bonchev–Trinajstić information content (AvgIpc) is 3.53. The van der Waals surface area contributed by atoms with Crippen molar-refractivity contribution in [2.24, 2.45) is 0 Å². The summed E-state index contributed by atoms with van der Waals surface area (Å²) in [6.07, 6.45) is 1.63. The molecule has 1 atom stereocenters. The Bertz CT molecular complexity index is 1540. The number of nitrogens with two attached hydrogens (primary N) is 1. The first-order chi connectivity index (χ1) is 16.2. The molecule has 0 amide bonds. The molecule has 10 heteroatoms. The lowest BCUT2D eigenvalue weighted by molar-refractivity contribution is -0.139. The quantitative estimate of drug-likeness (QED) is 0.367. The number of nitrogens with zero attached hydrogens (tertiary/aromatic N) is 2. The number of aliphatic carboxylic acids is 1. The summed E-state index contributed by atoms with van der Waals surface area (Å²) in [4.78, 5) is 28.8. The topological polar surface area (TPSA) is 123 Å². The molecular weight excluding hydrogens is 446 g/mol. The molecule has 0 aliphatic heterocycles. The number of fused-ring (bicyclic) bond motifs is 3. The number of anilines is 1. The molecule has 1 saturated carbocycles. The van der Waals surface area contributed by atoms with Crippen LogP contribution in [-0.4, -0.2) is 26.7 Å². The van der Waals surface area contributed by atoms with Crippen LogP contribution in [0, 0.1) is 18.6 Å². The van der Waals surface area contributed by atoms with Crippen molar-refractivity contribution in [1.82, 2.24) is 14.9 Å². The Morgan fingerprint density at radius 1 is 1.29 bits per heavy atom. The van der Waals surface area contributed by atoms with Crippen molar-refractivity contribution in [3.63, 3.8) is 0 Å². The number of pyridine rings is 1. The average molecular weight is 468 g/mol. The molecule has 1 fully saturated rings. The van der Waals surface area contributed by atoms with Crippen LogP contribution in [0.1, 0.15) is 37.3 Å². The second kappa shape index (κ2) is 7.91. The van der Waals surface area contributed by atoms with E-state index in [2.05, 4.69) is 10.3 Å². The van der Waals surface area contributed by atoms with E-state index in [9.17, 15) is 18.4 Å². The number of benzene rings is 2. The van der Waals surface area contributed by atoms with E-state index < -0.39 is 23.6 Å². The number of rotatable bonds is 6. The predicted octanol–water partition coefficient (Wildman–Crippen LogP) is 3.88. The molecule has 2 aromatic heterocycles. The minimum atomic E-state index is -1.02. The standard InChI is InChI=1S/C24H22F2N4O4/c1-10-13(15-7-17(26)18(27)8-16(15)25)5-6-14-21(10)30(12-3-4-12)23(31)20-22(14)34-19(29-20)9-28-11(2)24(32)33/h5-8,11-12,28H,3-4,9,27H2,1-2H3,(H,32,33)/t11-/m0/s1. The Morgan fingerprint density at radius 2 is 2.03 bits per heavy atom. The van der Waals surface area contributed by atoms with Crippen LogP contribution in [0.4, 0.5) is 14.5 Å². The second-order valence-corrected chi connectivity index (χ2v) is 8.62. The predicted molar refractivity (Wildman–Crippen MR) is 122 cm³/mol. The largest absolute Gasteiger partial charge is 0.480 e. The van der Waals surface area contributed by atoms with Crippen molar-refractivity contribution in [3.05, 3.63) is 57.7 Å². The van der Waals surface area contributed by atoms with Gasteiger partial charge in [-0.2, -0.15) is 0 Å². The molecule has 2 heterocycles. The maximum absolute atomic E-state index is 14.7. The third-order valence-electron chi connectivity index (χ3n) is 6.23. The summed E-state index contributed by atoms with van der Waals surface area (Å²) in [7, 11) is 0. The maximum Gasteiger partial charge on any atom is 0.320 e. The van der Waals surface area contributed by atoms with Gasteiger partial charge in [-0.25, -0.2) is 13.8 Å². The summed E-state index contributed by atoms with van der Waals surface area (Å²) in [5, 5.41) is 12.5. The zero-order chi connectivity index (χ0) is 24.3. The fraction of sp³-hybridized carbons (Fsp3) is 0.292. The molecule has 4 aromatic rings. The summed E-state index contributed by atoms with van der Waals surface area (Å²) in [5.41, 5.74) is 6.96. The number of aryl methyl sites for hydroxylation is 1. The number of carboxylic acids is 1. The summed E-state index contributed by atoms with van der Waals surface area (Å²) in [5.74, 6) is -2.23. The monoisotopic (exact) mass is 468 g/mol. The molecule has 1 aliphatic rings. The molecule has 176 valence electrons. The van der Waals surface area contributed by atoms with Crippen LogP contribution < -0.4 is 16.6 Å². The lowest BCUT2D eigenvalue weighted by atomic mass is 9.96. The van der Waals surface area contributed by atoms with E-state index in [0.29, 0.717) is 22.0 Å². The van der Waals surface area contributed by atoms with Crippen molar-refractivity contribution in [2.75, 3.05) is 5.73 Å². The van der Waals surface area contributed by atoms with Crippen LogP contribution in [-0.2, 0) is 11.3 Å². The second-order valence-electron chi connectivity index (χ2n) is 8.62. The first-order valence-corrected chi connectivity index (χ1v) is 10.9. The molecule has 0 bridgehead atoms. The Balaban J connectivity index is 1.73. The van der Waals surface area contributed by atoms with Gasteiger partial charge in [0.15, 0.2) is 11.1 Å². The Hall–Kier alpha value is -3.79. The molecule has 2 aromatic carbocycles. The molecule has 8 nitrogen and oxygen atoms in total. The molecule has 4 N–H and O–H groups in total.